The van der Waals surface area contributed by atoms with Gasteiger partial charge in [-0.25, -0.2) is 8.42 Å². The Bertz CT molecular complexity index is 1380. The number of likely N-dealkylation sites (tertiary alicyclic amines) is 1. The zero-order valence-electron chi connectivity index (χ0n) is 23.9. The third-order valence-corrected chi connectivity index (χ3v) is 8.26. The molecule has 0 amide bonds. The molecule has 2 aromatic carbocycles. The predicted octanol–water partition coefficient (Wildman–Crippen LogP) is 3.90. The number of piperidine rings is 1. The van der Waals surface area contributed by atoms with Gasteiger partial charge in [-0.3, -0.25) is 24.2 Å². The van der Waals surface area contributed by atoms with E-state index in [-0.39, 0.29) is 73.1 Å². The van der Waals surface area contributed by atoms with E-state index in [1.165, 1.54) is 13.2 Å². The van der Waals surface area contributed by atoms with Crippen LogP contribution >= 0.6 is 36.4 Å². The SMILES string of the molecule is CCOC(=O)CS(=O)(=O)N(C/C=C/c1cccc(C(=N)N)c1)c1ccc(OC2CCN(CC(=O)OC)CC2)c(Cl)c1.Cl.Cl. The summed E-state index contributed by atoms with van der Waals surface area (Å²) in [7, 11) is -2.78. The Balaban J connectivity index is 0.00000462. The number of amidine groups is 1. The van der Waals surface area contributed by atoms with Crippen LogP contribution in [0.15, 0.2) is 48.5 Å². The van der Waals surface area contributed by atoms with Crippen LogP contribution < -0.4 is 14.8 Å². The summed E-state index contributed by atoms with van der Waals surface area (Å²) < 4.78 is 43.3. The van der Waals surface area contributed by atoms with Gasteiger partial charge in [-0.15, -0.1) is 24.8 Å². The van der Waals surface area contributed by atoms with Crippen molar-refractivity contribution in [2.75, 3.05) is 50.0 Å². The number of hydrogen-bond donors (Lipinski definition) is 2. The van der Waals surface area contributed by atoms with Gasteiger partial charge in [0, 0.05) is 18.7 Å². The van der Waals surface area contributed by atoms with E-state index in [4.69, 9.17) is 37.0 Å². The second-order valence-corrected chi connectivity index (χ2v) is 11.6. The highest BCUT2D eigenvalue weighted by Crippen LogP contribution is 2.32. The van der Waals surface area contributed by atoms with Gasteiger partial charge in [0.05, 0.1) is 37.5 Å². The number of carbonyl (C=O) groups excluding carboxylic acids is 2. The number of ether oxygens (including phenoxy) is 3. The number of hydrogen-bond acceptors (Lipinski definition) is 9. The highest BCUT2D eigenvalue weighted by atomic mass is 35.5. The Kier molecular flexibility index (Phi) is 15.8. The minimum atomic E-state index is -4.14. The van der Waals surface area contributed by atoms with E-state index in [1.54, 1.807) is 55.5 Å². The number of carbonyl (C=O) groups is 2. The van der Waals surface area contributed by atoms with Crippen molar-refractivity contribution in [3.05, 3.63) is 64.7 Å². The standard InChI is InChI=1S/C28H35ClN4O7S.2ClH/c1-3-39-27(35)19-41(36,37)33(13-5-7-20-6-4-8-21(16-20)28(30)31)22-9-10-25(24(29)17-22)40-23-11-14-32(15-12-23)18-26(34)38-2;;/h4-10,16-17,23H,3,11-15,18-19H2,1-2H3,(H3,30,31);2*1H/b7-5+;;. The maximum Gasteiger partial charge on any atom is 0.323 e. The number of halogens is 3. The van der Waals surface area contributed by atoms with Crippen LogP contribution in [0, 0.1) is 5.41 Å². The first-order valence-electron chi connectivity index (χ1n) is 13.0. The van der Waals surface area contributed by atoms with Crippen LogP contribution in [0.25, 0.3) is 6.08 Å². The number of nitrogen functional groups attached to an aromatic ring is 1. The zero-order valence-corrected chi connectivity index (χ0v) is 27.1. The van der Waals surface area contributed by atoms with Crippen LogP contribution in [0.1, 0.15) is 30.9 Å². The molecule has 0 aliphatic carbocycles. The Labute approximate surface area is 269 Å². The van der Waals surface area contributed by atoms with Gasteiger partial charge < -0.3 is 19.9 Å². The zero-order chi connectivity index (χ0) is 30.0. The average molecular weight is 680 g/mol. The number of nitrogens with one attached hydrogen (secondary N) is 1. The number of sulfonamides is 1. The smallest absolute Gasteiger partial charge is 0.323 e. The van der Waals surface area contributed by atoms with E-state index in [0.717, 1.165) is 9.87 Å². The van der Waals surface area contributed by atoms with Crippen LogP contribution in [0.5, 0.6) is 5.75 Å². The number of rotatable bonds is 13. The van der Waals surface area contributed by atoms with Crippen LogP contribution in [0.4, 0.5) is 5.69 Å². The summed E-state index contributed by atoms with van der Waals surface area (Å²) in [6.45, 7) is 3.11. The van der Waals surface area contributed by atoms with Gasteiger partial charge in [0.15, 0.2) is 5.75 Å². The number of benzene rings is 2. The molecule has 0 spiro atoms. The van der Waals surface area contributed by atoms with Gasteiger partial charge in [-0.2, -0.15) is 0 Å². The predicted molar refractivity (Wildman–Crippen MR) is 172 cm³/mol. The lowest BCUT2D eigenvalue weighted by Crippen LogP contribution is -2.41. The van der Waals surface area contributed by atoms with E-state index < -0.39 is 21.7 Å². The molecule has 238 valence electrons. The molecule has 2 aromatic rings. The van der Waals surface area contributed by atoms with Crippen molar-refractivity contribution >= 4 is 76.0 Å². The van der Waals surface area contributed by atoms with Crippen LogP contribution in [0.3, 0.4) is 0 Å². The van der Waals surface area contributed by atoms with Gasteiger partial charge in [0.2, 0.25) is 10.0 Å². The molecule has 3 rings (SSSR count). The summed E-state index contributed by atoms with van der Waals surface area (Å²) in [5.41, 5.74) is 7.07. The van der Waals surface area contributed by atoms with E-state index in [0.29, 0.717) is 37.2 Å². The van der Waals surface area contributed by atoms with Gasteiger partial charge in [-0.1, -0.05) is 42.0 Å². The molecule has 1 saturated heterocycles. The second kappa shape index (κ2) is 17.9. The fourth-order valence-corrected chi connectivity index (χ4v) is 5.76. The van der Waals surface area contributed by atoms with Crippen molar-refractivity contribution in [1.29, 1.82) is 5.41 Å². The summed E-state index contributed by atoms with van der Waals surface area (Å²) in [5.74, 6) is -1.66. The molecule has 0 atom stereocenters. The lowest BCUT2D eigenvalue weighted by atomic mass is 10.1. The third kappa shape index (κ3) is 11.5. The highest BCUT2D eigenvalue weighted by molar-refractivity contribution is 7.93. The molecule has 43 heavy (non-hydrogen) atoms. The first-order chi connectivity index (χ1) is 19.5. The number of methoxy groups -OCH3 is 1. The lowest BCUT2D eigenvalue weighted by Gasteiger charge is -2.31. The minimum Gasteiger partial charge on any atom is -0.489 e. The first-order valence-corrected chi connectivity index (χ1v) is 15.0. The molecule has 0 radical (unpaired) electrons. The molecular formula is C28H37Cl3N4O7S. The van der Waals surface area contributed by atoms with Crippen LogP contribution in [-0.4, -0.2) is 82.8 Å². The third-order valence-electron chi connectivity index (χ3n) is 6.33. The Morgan fingerprint density at radius 2 is 1.84 bits per heavy atom. The molecule has 3 N–H and O–H groups in total. The van der Waals surface area contributed by atoms with Gasteiger partial charge in [0.1, 0.15) is 17.7 Å². The fraction of sp³-hybridized carbons (Fsp3) is 0.393. The summed E-state index contributed by atoms with van der Waals surface area (Å²) >= 11 is 6.53. The minimum absolute atomic E-state index is 0. The summed E-state index contributed by atoms with van der Waals surface area (Å²) in [6, 6.07) is 11.6. The van der Waals surface area contributed by atoms with Crippen molar-refractivity contribution in [2.45, 2.75) is 25.9 Å². The molecule has 1 heterocycles. The molecule has 1 aliphatic rings. The molecule has 0 aromatic heterocycles. The second-order valence-electron chi connectivity index (χ2n) is 9.32. The molecule has 15 heteroatoms. The summed E-state index contributed by atoms with van der Waals surface area (Å²) in [4.78, 5) is 25.6. The van der Waals surface area contributed by atoms with Crippen molar-refractivity contribution in [3.8, 4) is 5.75 Å². The van der Waals surface area contributed by atoms with Crippen molar-refractivity contribution in [3.63, 3.8) is 0 Å². The largest absolute Gasteiger partial charge is 0.489 e. The maximum absolute atomic E-state index is 13.3. The van der Waals surface area contributed by atoms with E-state index >= 15 is 0 Å². The van der Waals surface area contributed by atoms with Gasteiger partial charge in [-0.05, 0) is 49.6 Å². The Morgan fingerprint density at radius 3 is 2.44 bits per heavy atom. The molecule has 1 fully saturated rings. The molecule has 0 bridgehead atoms. The van der Waals surface area contributed by atoms with E-state index in [1.807, 2.05) is 4.90 Å². The molecule has 1 aliphatic heterocycles. The quantitative estimate of drug-likeness (QED) is 0.182. The number of nitrogens with zero attached hydrogens (tertiary/aromatic N) is 2. The number of esters is 2. The fourth-order valence-electron chi connectivity index (χ4n) is 4.26. The number of nitrogens with two attached hydrogens (primary N) is 1. The Hall–Kier alpha value is -3.03. The van der Waals surface area contributed by atoms with Crippen LogP contribution in [0.2, 0.25) is 5.02 Å². The van der Waals surface area contributed by atoms with E-state index in [9.17, 15) is 18.0 Å². The molecule has 0 unspecified atom stereocenters. The normalized spacial score (nSPS) is 13.8. The average Bonchev–Trinajstić information content (AvgIpc) is 2.93. The number of anilines is 1. The van der Waals surface area contributed by atoms with Gasteiger partial charge in [0.25, 0.3) is 0 Å². The topological polar surface area (TPSA) is 152 Å². The Morgan fingerprint density at radius 1 is 1.14 bits per heavy atom. The summed E-state index contributed by atoms with van der Waals surface area (Å²) in [6.07, 6.45) is 4.58. The lowest BCUT2D eigenvalue weighted by molar-refractivity contribution is -0.142. The molecular weight excluding hydrogens is 643 g/mol. The highest BCUT2D eigenvalue weighted by Gasteiger charge is 2.27. The van der Waals surface area contributed by atoms with Crippen molar-refractivity contribution in [1.82, 2.24) is 4.90 Å². The molecule has 11 nitrogen and oxygen atoms in total. The van der Waals surface area contributed by atoms with Crippen molar-refractivity contribution < 1.29 is 32.2 Å². The molecule has 0 saturated carbocycles. The summed E-state index contributed by atoms with van der Waals surface area (Å²) in [5, 5.41) is 7.83. The van der Waals surface area contributed by atoms with Crippen molar-refractivity contribution in [2.24, 2.45) is 5.73 Å². The maximum atomic E-state index is 13.3. The first kappa shape index (κ1) is 38.0. The van der Waals surface area contributed by atoms with Crippen LogP contribution in [-0.2, 0) is 29.1 Å². The van der Waals surface area contributed by atoms with E-state index in [2.05, 4.69) is 0 Å². The monoisotopic (exact) mass is 678 g/mol. The van der Waals surface area contributed by atoms with Gasteiger partial charge >= 0.3 is 11.9 Å².